The van der Waals surface area contributed by atoms with Gasteiger partial charge in [0.05, 0.1) is 12.6 Å². The lowest BCUT2D eigenvalue weighted by Gasteiger charge is -2.26. The number of nitrogens with zero attached hydrogens (tertiary/aromatic N) is 5. The molecule has 3 rings (SSSR count). The van der Waals surface area contributed by atoms with Gasteiger partial charge in [0.1, 0.15) is 0 Å². The molecule has 2 heterocycles. The highest BCUT2D eigenvalue weighted by Gasteiger charge is 2.18. The van der Waals surface area contributed by atoms with Crippen LogP contribution in [0.2, 0.25) is 0 Å². The van der Waals surface area contributed by atoms with E-state index in [0.29, 0.717) is 6.42 Å². The Bertz CT molecular complexity index is 670. The summed E-state index contributed by atoms with van der Waals surface area (Å²) >= 11 is 1.68. The fourth-order valence-electron chi connectivity index (χ4n) is 2.96. The van der Waals surface area contributed by atoms with Crippen molar-refractivity contribution in [2.75, 3.05) is 18.8 Å². The Morgan fingerprint density at radius 1 is 1.08 bits per heavy atom. The lowest BCUT2D eigenvalue weighted by molar-refractivity contribution is 0.214. The molecule has 5 nitrogen and oxygen atoms in total. The predicted molar refractivity (Wildman–Crippen MR) is 96.1 cm³/mol. The summed E-state index contributed by atoms with van der Waals surface area (Å²) in [6.07, 6.45) is 5.35. The van der Waals surface area contributed by atoms with Gasteiger partial charge in [-0.1, -0.05) is 36.4 Å². The van der Waals surface area contributed by atoms with Gasteiger partial charge in [0.25, 0.3) is 0 Å². The molecule has 0 aliphatic carbocycles. The van der Waals surface area contributed by atoms with E-state index >= 15 is 0 Å². The molecule has 24 heavy (non-hydrogen) atoms. The largest absolute Gasteiger partial charge is 0.296 e. The Labute approximate surface area is 147 Å². The van der Waals surface area contributed by atoms with Crippen LogP contribution in [-0.4, -0.2) is 38.5 Å². The molecule has 126 valence electrons. The zero-order valence-electron chi connectivity index (χ0n) is 13.9. The van der Waals surface area contributed by atoms with E-state index in [0.717, 1.165) is 48.5 Å². The SMILES string of the molecule is N#CCCCSc1nnc(CN2CCCCC2)n1-c1ccccc1. The number of rotatable bonds is 7. The van der Waals surface area contributed by atoms with Gasteiger partial charge >= 0.3 is 0 Å². The van der Waals surface area contributed by atoms with Crippen LogP contribution in [-0.2, 0) is 6.54 Å². The number of para-hydroxylation sites is 1. The van der Waals surface area contributed by atoms with Crippen LogP contribution in [0.4, 0.5) is 0 Å². The minimum absolute atomic E-state index is 0.590. The fourth-order valence-corrected chi connectivity index (χ4v) is 3.87. The quantitative estimate of drug-likeness (QED) is 0.568. The van der Waals surface area contributed by atoms with Crippen LogP contribution in [0, 0.1) is 11.3 Å². The van der Waals surface area contributed by atoms with E-state index in [-0.39, 0.29) is 0 Å². The van der Waals surface area contributed by atoms with Crippen LogP contribution in [0.1, 0.15) is 37.9 Å². The third kappa shape index (κ3) is 4.37. The number of likely N-dealkylation sites (tertiary alicyclic amines) is 1. The smallest absolute Gasteiger partial charge is 0.195 e. The van der Waals surface area contributed by atoms with Crippen molar-refractivity contribution in [3.05, 3.63) is 36.2 Å². The van der Waals surface area contributed by atoms with Gasteiger partial charge in [-0.15, -0.1) is 10.2 Å². The first kappa shape index (κ1) is 17.0. The lowest BCUT2D eigenvalue weighted by Crippen LogP contribution is -2.30. The average Bonchev–Trinajstić information content (AvgIpc) is 3.03. The molecular weight excluding hydrogens is 318 g/mol. The summed E-state index contributed by atoms with van der Waals surface area (Å²) in [4.78, 5) is 2.47. The normalized spacial score (nSPS) is 15.3. The summed E-state index contributed by atoms with van der Waals surface area (Å²) in [5, 5.41) is 18.5. The number of piperidine rings is 1. The number of aromatic nitrogens is 3. The second kappa shape index (κ2) is 8.86. The molecule has 0 unspecified atom stereocenters. The van der Waals surface area contributed by atoms with E-state index in [9.17, 15) is 0 Å². The van der Waals surface area contributed by atoms with Gasteiger partial charge in [-0.25, -0.2) is 0 Å². The minimum Gasteiger partial charge on any atom is -0.296 e. The molecule has 0 spiro atoms. The van der Waals surface area contributed by atoms with Crippen LogP contribution < -0.4 is 0 Å². The molecule has 6 heteroatoms. The number of nitriles is 1. The number of thioether (sulfide) groups is 1. The summed E-state index contributed by atoms with van der Waals surface area (Å²) < 4.78 is 2.17. The van der Waals surface area contributed by atoms with E-state index in [2.05, 4.69) is 37.9 Å². The van der Waals surface area contributed by atoms with E-state index in [1.54, 1.807) is 11.8 Å². The molecule has 0 atom stereocenters. The van der Waals surface area contributed by atoms with E-state index < -0.39 is 0 Å². The third-order valence-electron chi connectivity index (χ3n) is 4.19. The summed E-state index contributed by atoms with van der Waals surface area (Å²) in [5.41, 5.74) is 1.11. The van der Waals surface area contributed by atoms with Crippen molar-refractivity contribution in [3.63, 3.8) is 0 Å². The first-order chi connectivity index (χ1) is 11.9. The third-order valence-corrected chi connectivity index (χ3v) is 5.21. The minimum atomic E-state index is 0.590. The summed E-state index contributed by atoms with van der Waals surface area (Å²) in [5.74, 6) is 1.90. The summed E-state index contributed by atoms with van der Waals surface area (Å²) in [6.45, 7) is 3.14. The van der Waals surface area contributed by atoms with E-state index in [4.69, 9.17) is 5.26 Å². The number of hydrogen-bond acceptors (Lipinski definition) is 5. The van der Waals surface area contributed by atoms with Crippen LogP contribution in [0.3, 0.4) is 0 Å². The van der Waals surface area contributed by atoms with Crippen molar-refractivity contribution in [2.24, 2.45) is 0 Å². The van der Waals surface area contributed by atoms with Gasteiger partial charge < -0.3 is 0 Å². The maximum absolute atomic E-state index is 8.68. The Hall–Kier alpha value is -1.84. The first-order valence-corrected chi connectivity index (χ1v) is 9.59. The molecule has 0 radical (unpaired) electrons. The molecule has 0 bridgehead atoms. The van der Waals surface area contributed by atoms with Crippen molar-refractivity contribution in [1.29, 1.82) is 5.26 Å². The molecular formula is C18H23N5S. The second-order valence-electron chi connectivity index (χ2n) is 6.02. The highest BCUT2D eigenvalue weighted by molar-refractivity contribution is 7.99. The zero-order chi connectivity index (χ0) is 16.6. The van der Waals surface area contributed by atoms with E-state index in [1.807, 2.05) is 18.2 Å². The van der Waals surface area contributed by atoms with Crippen molar-refractivity contribution in [2.45, 2.75) is 43.8 Å². The Morgan fingerprint density at radius 2 is 1.88 bits per heavy atom. The van der Waals surface area contributed by atoms with Crippen molar-refractivity contribution < 1.29 is 0 Å². The fraction of sp³-hybridized carbons (Fsp3) is 0.500. The van der Waals surface area contributed by atoms with Crippen molar-refractivity contribution in [1.82, 2.24) is 19.7 Å². The van der Waals surface area contributed by atoms with Crippen LogP contribution in [0.15, 0.2) is 35.5 Å². The molecule has 0 N–H and O–H groups in total. The molecule has 0 saturated carbocycles. The molecule has 2 aromatic rings. The molecule has 1 saturated heterocycles. The molecule has 0 amide bonds. The van der Waals surface area contributed by atoms with Crippen molar-refractivity contribution in [3.8, 4) is 11.8 Å². The topological polar surface area (TPSA) is 57.7 Å². The van der Waals surface area contributed by atoms with Crippen molar-refractivity contribution >= 4 is 11.8 Å². The monoisotopic (exact) mass is 341 g/mol. The molecule has 1 aromatic carbocycles. The average molecular weight is 341 g/mol. The molecule has 1 aliphatic rings. The second-order valence-corrected chi connectivity index (χ2v) is 7.08. The van der Waals surface area contributed by atoms with Gasteiger partial charge in [0, 0.05) is 17.9 Å². The van der Waals surface area contributed by atoms with Crippen LogP contribution in [0.5, 0.6) is 0 Å². The standard InChI is InChI=1S/C18H23N5S/c19-11-5-8-14-24-18-21-20-17(15-22-12-6-2-7-13-22)23(18)16-9-3-1-4-10-16/h1,3-4,9-10H,2,5-8,12-15H2. The van der Waals surface area contributed by atoms with Gasteiger partial charge in [-0.2, -0.15) is 5.26 Å². The lowest BCUT2D eigenvalue weighted by atomic mass is 10.1. The van der Waals surface area contributed by atoms with E-state index in [1.165, 1.54) is 19.3 Å². The maximum Gasteiger partial charge on any atom is 0.195 e. The highest BCUT2D eigenvalue weighted by Crippen LogP contribution is 2.24. The number of hydrogen-bond donors (Lipinski definition) is 0. The zero-order valence-corrected chi connectivity index (χ0v) is 14.7. The van der Waals surface area contributed by atoms with Gasteiger partial charge in [-0.05, 0) is 44.5 Å². The highest BCUT2D eigenvalue weighted by atomic mass is 32.2. The number of unbranched alkanes of at least 4 members (excludes halogenated alkanes) is 1. The Kier molecular flexibility index (Phi) is 6.27. The van der Waals surface area contributed by atoms with Crippen LogP contribution >= 0.6 is 11.8 Å². The van der Waals surface area contributed by atoms with Crippen LogP contribution in [0.25, 0.3) is 5.69 Å². The Balaban J connectivity index is 1.79. The maximum atomic E-state index is 8.68. The Morgan fingerprint density at radius 3 is 2.62 bits per heavy atom. The molecule has 1 aromatic heterocycles. The summed E-state index contributed by atoms with van der Waals surface area (Å²) in [6, 6.07) is 12.5. The predicted octanol–water partition coefficient (Wildman–Crippen LogP) is 3.65. The van der Waals surface area contributed by atoms with Gasteiger partial charge in [0.15, 0.2) is 11.0 Å². The molecule has 1 aliphatic heterocycles. The van der Waals surface area contributed by atoms with Gasteiger partial charge in [0.2, 0.25) is 0 Å². The summed E-state index contributed by atoms with van der Waals surface area (Å²) in [7, 11) is 0. The number of benzene rings is 1. The molecule has 1 fully saturated rings. The first-order valence-electron chi connectivity index (χ1n) is 8.60. The van der Waals surface area contributed by atoms with Gasteiger partial charge in [-0.3, -0.25) is 9.47 Å².